The molecule has 0 atom stereocenters. The van der Waals surface area contributed by atoms with Gasteiger partial charge in [0.05, 0.1) is 37.0 Å². The van der Waals surface area contributed by atoms with E-state index in [-0.39, 0.29) is 11.8 Å². The number of carbonyl (C=O) groups excluding carboxylic acids is 1. The fourth-order valence-electron chi connectivity index (χ4n) is 5.62. The van der Waals surface area contributed by atoms with Gasteiger partial charge in [0.15, 0.2) is 0 Å². The Bertz CT molecular complexity index is 1420. The first kappa shape index (κ1) is 27.3. The Labute approximate surface area is 235 Å². The average molecular weight is 569 g/mol. The van der Waals surface area contributed by atoms with Crippen molar-refractivity contribution in [1.29, 1.82) is 0 Å². The average Bonchev–Trinajstić information content (AvgIpc) is 3.82. The van der Waals surface area contributed by atoms with Crippen molar-refractivity contribution in [3.8, 4) is 0 Å². The molecule has 0 amide bonds. The standard InChI is InChI=1S/C29H31F3N6O3/c1-40-26(39)28(10-11-28)19-4-6-20(7-5-19)34-24-21-8-13-37(25-22(29(30,31)32)3-2-12-33-25)14-9-23(21)35-27(36-24)38-15-17-41-18-16-38/h2-7,12H,8-11,13-18H2,1H3,(H,34,35,36). The minimum atomic E-state index is -4.50. The van der Waals surface area contributed by atoms with Crippen LogP contribution in [0.4, 0.5) is 36.4 Å². The second-order valence-electron chi connectivity index (χ2n) is 10.5. The number of halogens is 3. The van der Waals surface area contributed by atoms with E-state index in [1.807, 2.05) is 24.3 Å². The van der Waals surface area contributed by atoms with Gasteiger partial charge in [-0.15, -0.1) is 0 Å². The molecule has 216 valence electrons. The number of esters is 1. The van der Waals surface area contributed by atoms with Crippen LogP contribution in [0, 0.1) is 0 Å². The van der Waals surface area contributed by atoms with Crippen LogP contribution in [0.1, 0.15) is 35.2 Å². The van der Waals surface area contributed by atoms with Crippen LogP contribution in [0.15, 0.2) is 42.6 Å². The number of carbonyl (C=O) groups is 1. The number of hydrogen-bond donors (Lipinski definition) is 1. The van der Waals surface area contributed by atoms with Crippen LogP contribution in [0.3, 0.4) is 0 Å². The zero-order valence-corrected chi connectivity index (χ0v) is 22.7. The highest BCUT2D eigenvalue weighted by Crippen LogP contribution is 2.49. The predicted molar refractivity (Wildman–Crippen MR) is 147 cm³/mol. The SMILES string of the molecule is COC(=O)C1(c2ccc(Nc3nc(N4CCOCC4)nc4c3CCN(c3ncccc3C(F)(F)F)CC4)cc2)CC1. The number of anilines is 4. The fourth-order valence-corrected chi connectivity index (χ4v) is 5.62. The molecule has 2 aromatic heterocycles. The number of pyridine rings is 1. The van der Waals surface area contributed by atoms with Gasteiger partial charge in [-0.25, -0.2) is 9.97 Å². The lowest BCUT2D eigenvalue weighted by molar-refractivity contribution is -0.143. The summed E-state index contributed by atoms with van der Waals surface area (Å²) in [6.07, 6.45) is -0.703. The molecule has 0 radical (unpaired) electrons. The smallest absolute Gasteiger partial charge is 0.419 e. The first-order chi connectivity index (χ1) is 19.8. The lowest BCUT2D eigenvalue weighted by atomic mass is 9.96. The summed E-state index contributed by atoms with van der Waals surface area (Å²) >= 11 is 0. The molecule has 1 N–H and O–H groups in total. The molecule has 2 fully saturated rings. The number of benzene rings is 1. The van der Waals surface area contributed by atoms with Crippen LogP contribution in [-0.4, -0.2) is 67.4 Å². The van der Waals surface area contributed by atoms with Gasteiger partial charge in [0.2, 0.25) is 5.95 Å². The second-order valence-corrected chi connectivity index (χ2v) is 10.5. The van der Waals surface area contributed by atoms with Crippen LogP contribution >= 0.6 is 0 Å². The lowest BCUT2D eigenvalue weighted by Gasteiger charge is -2.28. The third kappa shape index (κ3) is 5.40. The van der Waals surface area contributed by atoms with E-state index in [0.717, 1.165) is 41.4 Å². The van der Waals surface area contributed by atoms with Crippen molar-refractivity contribution in [1.82, 2.24) is 15.0 Å². The molecule has 3 aliphatic rings. The van der Waals surface area contributed by atoms with E-state index >= 15 is 0 Å². The Kier molecular flexibility index (Phi) is 7.18. The maximum Gasteiger partial charge on any atom is 0.419 e. The van der Waals surface area contributed by atoms with Gasteiger partial charge in [0, 0.05) is 50.0 Å². The van der Waals surface area contributed by atoms with Crippen LogP contribution < -0.4 is 15.1 Å². The topological polar surface area (TPSA) is 92.7 Å². The molecule has 0 unspecified atom stereocenters. The van der Waals surface area contributed by atoms with E-state index in [2.05, 4.69) is 15.2 Å². The number of hydrogen-bond acceptors (Lipinski definition) is 9. The summed E-state index contributed by atoms with van der Waals surface area (Å²) in [6, 6.07) is 10.1. The molecular weight excluding hydrogens is 537 g/mol. The highest BCUT2D eigenvalue weighted by molar-refractivity contribution is 5.86. The molecule has 9 nitrogen and oxygen atoms in total. The number of methoxy groups -OCH3 is 1. The van der Waals surface area contributed by atoms with Gasteiger partial charge in [-0.2, -0.15) is 18.2 Å². The summed E-state index contributed by atoms with van der Waals surface area (Å²) < 4.78 is 51.8. The third-order valence-corrected chi connectivity index (χ3v) is 8.04. The van der Waals surface area contributed by atoms with Crippen LogP contribution in [0.25, 0.3) is 0 Å². The first-order valence-corrected chi connectivity index (χ1v) is 13.7. The second kappa shape index (κ2) is 10.8. The number of nitrogens with one attached hydrogen (secondary N) is 1. The van der Waals surface area contributed by atoms with Gasteiger partial charge in [-0.05, 0) is 49.1 Å². The summed E-state index contributed by atoms with van der Waals surface area (Å²) in [7, 11) is 1.41. The van der Waals surface area contributed by atoms with Crippen molar-refractivity contribution >= 4 is 29.2 Å². The maximum atomic E-state index is 13.8. The van der Waals surface area contributed by atoms with Crippen molar-refractivity contribution in [2.24, 2.45) is 0 Å². The molecule has 0 bridgehead atoms. The van der Waals surface area contributed by atoms with E-state index in [9.17, 15) is 18.0 Å². The van der Waals surface area contributed by atoms with Gasteiger partial charge in [0.1, 0.15) is 11.6 Å². The number of morpholine rings is 1. The van der Waals surface area contributed by atoms with Crippen molar-refractivity contribution in [2.45, 2.75) is 37.3 Å². The van der Waals surface area contributed by atoms with Gasteiger partial charge in [-0.1, -0.05) is 12.1 Å². The Morgan fingerprint density at radius 1 is 1.00 bits per heavy atom. The Balaban J connectivity index is 1.31. The molecule has 4 heterocycles. The van der Waals surface area contributed by atoms with Crippen molar-refractivity contribution in [3.05, 3.63) is 65.0 Å². The number of aromatic nitrogens is 3. The molecule has 41 heavy (non-hydrogen) atoms. The molecule has 6 rings (SSSR count). The number of fused-ring (bicyclic) bond motifs is 1. The first-order valence-electron chi connectivity index (χ1n) is 13.7. The highest BCUT2D eigenvalue weighted by Gasteiger charge is 2.52. The Morgan fingerprint density at radius 2 is 1.73 bits per heavy atom. The Morgan fingerprint density at radius 3 is 2.41 bits per heavy atom. The quantitative estimate of drug-likeness (QED) is 0.438. The van der Waals surface area contributed by atoms with Gasteiger partial charge in [-0.3, -0.25) is 4.79 Å². The normalized spacial score (nSPS) is 18.3. The van der Waals surface area contributed by atoms with Gasteiger partial charge < -0.3 is 24.6 Å². The Hall–Kier alpha value is -3.93. The van der Waals surface area contributed by atoms with E-state index < -0.39 is 17.2 Å². The number of rotatable bonds is 6. The molecule has 1 saturated heterocycles. The molecule has 0 spiro atoms. The summed E-state index contributed by atoms with van der Waals surface area (Å²) in [5.41, 5.74) is 2.06. The number of ether oxygens (including phenoxy) is 2. The number of nitrogens with zero attached hydrogens (tertiary/aromatic N) is 5. The molecular formula is C29H31F3N6O3. The zero-order valence-electron chi connectivity index (χ0n) is 22.7. The van der Waals surface area contributed by atoms with E-state index in [1.54, 1.807) is 4.90 Å². The summed E-state index contributed by atoms with van der Waals surface area (Å²) in [4.78, 5) is 29.9. The predicted octanol–water partition coefficient (Wildman–Crippen LogP) is 4.28. The van der Waals surface area contributed by atoms with Gasteiger partial charge >= 0.3 is 12.1 Å². The molecule has 2 aliphatic heterocycles. The summed E-state index contributed by atoms with van der Waals surface area (Å²) in [5.74, 6) is 0.896. The van der Waals surface area contributed by atoms with Crippen LogP contribution in [-0.2, 0) is 38.7 Å². The lowest BCUT2D eigenvalue weighted by Crippen LogP contribution is -2.37. The third-order valence-electron chi connectivity index (χ3n) is 8.04. The van der Waals surface area contributed by atoms with Gasteiger partial charge in [0.25, 0.3) is 0 Å². The zero-order chi connectivity index (χ0) is 28.6. The van der Waals surface area contributed by atoms with Crippen LogP contribution in [0.5, 0.6) is 0 Å². The van der Waals surface area contributed by atoms with E-state index in [0.29, 0.717) is 64.0 Å². The van der Waals surface area contributed by atoms with E-state index in [1.165, 1.54) is 19.4 Å². The molecule has 3 aromatic rings. The minimum absolute atomic E-state index is 0.0705. The fraction of sp³-hybridized carbons (Fsp3) is 0.448. The molecule has 1 aromatic carbocycles. The molecule has 12 heteroatoms. The summed E-state index contributed by atoms with van der Waals surface area (Å²) in [6.45, 7) is 3.12. The molecule has 1 saturated carbocycles. The van der Waals surface area contributed by atoms with Crippen molar-refractivity contribution in [2.75, 3.05) is 61.6 Å². The minimum Gasteiger partial charge on any atom is -0.468 e. The van der Waals surface area contributed by atoms with E-state index in [4.69, 9.17) is 19.4 Å². The van der Waals surface area contributed by atoms with Crippen molar-refractivity contribution < 1.29 is 27.4 Å². The molecule has 1 aliphatic carbocycles. The maximum absolute atomic E-state index is 13.8. The monoisotopic (exact) mass is 568 g/mol. The summed E-state index contributed by atoms with van der Waals surface area (Å²) in [5, 5.41) is 3.43. The number of alkyl halides is 3. The highest BCUT2D eigenvalue weighted by atomic mass is 19.4. The van der Waals surface area contributed by atoms with Crippen LogP contribution in [0.2, 0.25) is 0 Å². The largest absolute Gasteiger partial charge is 0.468 e. The van der Waals surface area contributed by atoms with Crippen molar-refractivity contribution in [3.63, 3.8) is 0 Å².